The van der Waals surface area contributed by atoms with Crippen LogP contribution in [0.5, 0.6) is 5.75 Å². The first-order valence-corrected chi connectivity index (χ1v) is 8.40. The lowest BCUT2D eigenvalue weighted by atomic mass is 10.0. The highest BCUT2D eigenvalue weighted by atomic mass is 79.9. The van der Waals surface area contributed by atoms with Crippen LogP contribution in [-0.2, 0) is 0 Å². The van der Waals surface area contributed by atoms with E-state index >= 15 is 0 Å². The standard InChI is InChI=1S/C16H20BrNOS/c1-4-13(12-7-5-6-8-14(12)19-3)18-11(2)15-9-10-16(17)20-15/h5-11,13,18H,4H2,1-3H3. The maximum atomic E-state index is 5.47. The van der Waals surface area contributed by atoms with Gasteiger partial charge in [0.25, 0.3) is 0 Å². The molecular weight excluding hydrogens is 334 g/mol. The van der Waals surface area contributed by atoms with Crippen LogP contribution in [0, 0.1) is 0 Å². The topological polar surface area (TPSA) is 21.3 Å². The number of methoxy groups -OCH3 is 1. The second-order valence-corrected chi connectivity index (χ2v) is 7.23. The Bertz CT molecular complexity index is 555. The lowest BCUT2D eigenvalue weighted by molar-refractivity contribution is 0.389. The molecule has 0 aliphatic heterocycles. The molecule has 2 nitrogen and oxygen atoms in total. The lowest BCUT2D eigenvalue weighted by Crippen LogP contribution is -2.24. The molecule has 2 aromatic rings. The van der Waals surface area contributed by atoms with Crippen molar-refractivity contribution in [2.24, 2.45) is 0 Å². The molecule has 1 aromatic heterocycles. The molecule has 0 spiro atoms. The minimum Gasteiger partial charge on any atom is -0.496 e. The van der Waals surface area contributed by atoms with Gasteiger partial charge in [0, 0.05) is 22.5 Å². The molecule has 2 rings (SSSR count). The van der Waals surface area contributed by atoms with Crippen molar-refractivity contribution < 1.29 is 4.74 Å². The molecule has 1 heterocycles. The highest BCUT2D eigenvalue weighted by Crippen LogP contribution is 2.32. The summed E-state index contributed by atoms with van der Waals surface area (Å²) in [6, 6.07) is 13.1. The van der Waals surface area contributed by atoms with Crippen LogP contribution in [0.25, 0.3) is 0 Å². The van der Waals surface area contributed by atoms with Gasteiger partial charge in [0.05, 0.1) is 10.9 Å². The highest BCUT2D eigenvalue weighted by Gasteiger charge is 2.17. The second kappa shape index (κ2) is 7.25. The molecule has 0 aliphatic rings. The van der Waals surface area contributed by atoms with Crippen molar-refractivity contribution in [1.29, 1.82) is 0 Å². The zero-order valence-electron chi connectivity index (χ0n) is 12.0. The number of hydrogen-bond acceptors (Lipinski definition) is 3. The molecule has 0 bridgehead atoms. The predicted molar refractivity (Wildman–Crippen MR) is 89.6 cm³/mol. The summed E-state index contributed by atoms with van der Waals surface area (Å²) in [6.45, 7) is 4.40. The second-order valence-electron chi connectivity index (χ2n) is 4.73. The first kappa shape index (κ1) is 15.5. The van der Waals surface area contributed by atoms with E-state index in [2.05, 4.69) is 59.4 Å². The van der Waals surface area contributed by atoms with Crippen LogP contribution in [0.1, 0.15) is 42.8 Å². The number of halogens is 1. The lowest BCUT2D eigenvalue weighted by Gasteiger charge is -2.23. The van der Waals surface area contributed by atoms with Gasteiger partial charge in [0.15, 0.2) is 0 Å². The van der Waals surface area contributed by atoms with E-state index in [1.807, 2.05) is 12.1 Å². The van der Waals surface area contributed by atoms with Crippen molar-refractivity contribution in [3.05, 3.63) is 50.6 Å². The van der Waals surface area contributed by atoms with Gasteiger partial charge >= 0.3 is 0 Å². The summed E-state index contributed by atoms with van der Waals surface area (Å²) < 4.78 is 6.65. The molecule has 0 aliphatic carbocycles. The van der Waals surface area contributed by atoms with Gasteiger partial charge in [-0.05, 0) is 47.5 Å². The number of thiophene rings is 1. The Labute approximate surface area is 133 Å². The summed E-state index contributed by atoms with van der Waals surface area (Å²) in [4.78, 5) is 1.34. The smallest absolute Gasteiger partial charge is 0.123 e. The number of ether oxygens (including phenoxy) is 1. The molecule has 2 atom stereocenters. The third kappa shape index (κ3) is 3.62. The monoisotopic (exact) mass is 353 g/mol. The molecular formula is C16H20BrNOS. The van der Waals surface area contributed by atoms with Crippen LogP contribution in [0.15, 0.2) is 40.2 Å². The number of nitrogens with one attached hydrogen (secondary N) is 1. The average Bonchev–Trinajstić information content (AvgIpc) is 2.91. The molecule has 1 aromatic carbocycles. The molecule has 4 heteroatoms. The quantitative estimate of drug-likeness (QED) is 0.758. The maximum absolute atomic E-state index is 5.47. The fraction of sp³-hybridized carbons (Fsp3) is 0.375. The van der Waals surface area contributed by atoms with Gasteiger partial charge in [0.1, 0.15) is 5.75 Å². The van der Waals surface area contributed by atoms with E-state index in [1.165, 1.54) is 14.2 Å². The van der Waals surface area contributed by atoms with E-state index in [0.717, 1.165) is 12.2 Å². The van der Waals surface area contributed by atoms with Gasteiger partial charge in [-0.2, -0.15) is 0 Å². The van der Waals surface area contributed by atoms with Crippen LogP contribution >= 0.6 is 27.3 Å². The Morgan fingerprint density at radius 3 is 2.60 bits per heavy atom. The van der Waals surface area contributed by atoms with Crippen molar-refractivity contribution in [2.75, 3.05) is 7.11 Å². The predicted octanol–water partition coefficient (Wildman–Crippen LogP) is 5.32. The molecule has 0 radical (unpaired) electrons. The van der Waals surface area contributed by atoms with Crippen LogP contribution in [0.3, 0.4) is 0 Å². The molecule has 2 unspecified atom stereocenters. The average molecular weight is 354 g/mol. The van der Waals surface area contributed by atoms with Gasteiger partial charge in [-0.1, -0.05) is 25.1 Å². The summed E-state index contributed by atoms with van der Waals surface area (Å²) >= 11 is 5.30. The van der Waals surface area contributed by atoms with Gasteiger partial charge in [0.2, 0.25) is 0 Å². The Balaban J connectivity index is 2.16. The van der Waals surface area contributed by atoms with Gasteiger partial charge in [-0.25, -0.2) is 0 Å². The van der Waals surface area contributed by atoms with Crippen LogP contribution in [0.2, 0.25) is 0 Å². The van der Waals surface area contributed by atoms with Crippen molar-refractivity contribution in [1.82, 2.24) is 5.32 Å². The molecule has 108 valence electrons. The van der Waals surface area contributed by atoms with Gasteiger partial charge in [-0.3, -0.25) is 0 Å². The Morgan fingerprint density at radius 2 is 2.00 bits per heavy atom. The molecule has 0 saturated carbocycles. The molecule has 20 heavy (non-hydrogen) atoms. The summed E-state index contributed by atoms with van der Waals surface area (Å²) in [6.07, 6.45) is 1.03. The van der Waals surface area contributed by atoms with Crippen molar-refractivity contribution in [2.45, 2.75) is 32.4 Å². The van der Waals surface area contributed by atoms with E-state index in [-0.39, 0.29) is 0 Å². The zero-order valence-corrected chi connectivity index (χ0v) is 14.4. The molecule has 0 amide bonds. The van der Waals surface area contributed by atoms with Crippen LogP contribution in [0.4, 0.5) is 0 Å². The zero-order chi connectivity index (χ0) is 14.5. The summed E-state index contributed by atoms with van der Waals surface area (Å²) in [5.74, 6) is 0.950. The van der Waals surface area contributed by atoms with Crippen LogP contribution < -0.4 is 10.1 Å². The molecule has 0 saturated heterocycles. The first-order valence-electron chi connectivity index (χ1n) is 6.80. The summed E-state index contributed by atoms with van der Waals surface area (Å²) in [5.41, 5.74) is 1.22. The highest BCUT2D eigenvalue weighted by molar-refractivity contribution is 9.11. The summed E-state index contributed by atoms with van der Waals surface area (Å²) in [5, 5.41) is 3.70. The largest absolute Gasteiger partial charge is 0.496 e. The SMILES string of the molecule is CCC(NC(C)c1ccc(Br)s1)c1ccccc1OC. The van der Waals surface area contributed by atoms with E-state index in [4.69, 9.17) is 4.74 Å². The number of rotatable bonds is 6. The van der Waals surface area contributed by atoms with Gasteiger partial charge in [-0.15, -0.1) is 11.3 Å². The third-order valence-electron chi connectivity index (χ3n) is 3.39. The minimum atomic E-state index is 0.294. The molecule has 0 fully saturated rings. The van der Waals surface area contributed by atoms with Crippen molar-refractivity contribution in [3.63, 3.8) is 0 Å². The maximum Gasteiger partial charge on any atom is 0.123 e. The number of hydrogen-bond donors (Lipinski definition) is 1. The molecule has 1 N–H and O–H groups in total. The van der Waals surface area contributed by atoms with E-state index in [9.17, 15) is 0 Å². The van der Waals surface area contributed by atoms with E-state index < -0.39 is 0 Å². The summed E-state index contributed by atoms with van der Waals surface area (Å²) in [7, 11) is 1.73. The Hall–Kier alpha value is -0.840. The first-order chi connectivity index (χ1) is 9.65. The number of benzene rings is 1. The van der Waals surface area contributed by atoms with E-state index in [1.54, 1.807) is 18.4 Å². The Morgan fingerprint density at radius 1 is 1.25 bits per heavy atom. The normalized spacial score (nSPS) is 14.0. The fourth-order valence-electron chi connectivity index (χ4n) is 2.33. The van der Waals surface area contributed by atoms with Crippen molar-refractivity contribution in [3.8, 4) is 5.75 Å². The third-order valence-corrected chi connectivity index (χ3v) is 5.20. The Kier molecular flexibility index (Phi) is 5.64. The number of para-hydroxylation sites is 1. The van der Waals surface area contributed by atoms with Crippen molar-refractivity contribution >= 4 is 27.3 Å². The van der Waals surface area contributed by atoms with Crippen LogP contribution in [-0.4, -0.2) is 7.11 Å². The minimum absolute atomic E-state index is 0.294. The van der Waals surface area contributed by atoms with E-state index in [0.29, 0.717) is 12.1 Å². The van der Waals surface area contributed by atoms with Gasteiger partial charge < -0.3 is 10.1 Å². The fourth-order valence-corrected chi connectivity index (χ4v) is 3.76.